The van der Waals surface area contributed by atoms with Crippen LogP contribution in [0.25, 0.3) is 11.3 Å². The number of aromatic nitrogens is 1. The Bertz CT molecular complexity index is 531. The van der Waals surface area contributed by atoms with Gasteiger partial charge >= 0.3 is 0 Å². The zero-order valence-corrected chi connectivity index (χ0v) is 12.1. The Hall–Kier alpha value is -0.810. The van der Waals surface area contributed by atoms with Crippen molar-refractivity contribution in [2.75, 3.05) is 25.6 Å². The van der Waals surface area contributed by atoms with Crippen LogP contribution in [0, 0.1) is 0 Å². The number of hydrogen-bond acceptors (Lipinski definition) is 4. The second kappa shape index (κ2) is 6.38. The highest BCUT2D eigenvalue weighted by Crippen LogP contribution is 2.32. The van der Waals surface area contributed by atoms with Gasteiger partial charge in [0.05, 0.1) is 17.3 Å². The van der Waals surface area contributed by atoms with E-state index in [1.807, 2.05) is 11.4 Å². The van der Waals surface area contributed by atoms with Gasteiger partial charge in [0.2, 0.25) is 0 Å². The zero-order valence-electron chi connectivity index (χ0n) is 9.74. The fourth-order valence-corrected chi connectivity index (χ4v) is 2.56. The summed E-state index contributed by atoms with van der Waals surface area (Å²) in [5.41, 5.74) is 1.67. The monoisotopic (exact) mass is 302 g/mol. The molecular formula is C12H12Cl2N2OS. The van der Waals surface area contributed by atoms with Gasteiger partial charge in [-0.1, -0.05) is 23.2 Å². The highest BCUT2D eigenvalue weighted by atomic mass is 35.5. The molecule has 2 aromatic rings. The lowest BCUT2D eigenvalue weighted by Gasteiger charge is -2.02. The van der Waals surface area contributed by atoms with Crippen LogP contribution < -0.4 is 5.32 Å². The number of methoxy groups -OCH3 is 1. The number of ether oxygens (including phenoxy) is 1. The lowest BCUT2D eigenvalue weighted by molar-refractivity contribution is 0.211. The van der Waals surface area contributed by atoms with Crippen LogP contribution in [0.15, 0.2) is 23.6 Å². The van der Waals surface area contributed by atoms with E-state index in [0.717, 1.165) is 22.9 Å². The van der Waals surface area contributed by atoms with Crippen LogP contribution in [0.5, 0.6) is 0 Å². The van der Waals surface area contributed by atoms with E-state index < -0.39 is 0 Å². The van der Waals surface area contributed by atoms with Crippen LogP contribution in [0.4, 0.5) is 5.13 Å². The maximum absolute atomic E-state index is 6.13. The quantitative estimate of drug-likeness (QED) is 0.842. The summed E-state index contributed by atoms with van der Waals surface area (Å²) in [6, 6.07) is 5.35. The molecule has 0 aliphatic heterocycles. The molecule has 0 amide bonds. The highest BCUT2D eigenvalue weighted by molar-refractivity contribution is 7.14. The highest BCUT2D eigenvalue weighted by Gasteiger charge is 2.08. The first kappa shape index (κ1) is 13.6. The van der Waals surface area contributed by atoms with E-state index >= 15 is 0 Å². The number of halogens is 2. The molecule has 0 bridgehead atoms. The van der Waals surface area contributed by atoms with Crippen LogP contribution in [0.1, 0.15) is 0 Å². The second-order valence-corrected chi connectivity index (χ2v) is 5.28. The van der Waals surface area contributed by atoms with Crippen molar-refractivity contribution in [2.24, 2.45) is 0 Å². The van der Waals surface area contributed by atoms with E-state index in [0.29, 0.717) is 16.7 Å². The Labute approximate surface area is 120 Å². The minimum atomic E-state index is 0.646. The van der Waals surface area contributed by atoms with Crippen LogP contribution >= 0.6 is 34.5 Å². The summed E-state index contributed by atoms with van der Waals surface area (Å²) in [5.74, 6) is 0. The molecule has 2 rings (SSSR count). The van der Waals surface area contributed by atoms with Crippen molar-refractivity contribution in [3.05, 3.63) is 33.6 Å². The van der Waals surface area contributed by atoms with Gasteiger partial charge < -0.3 is 10.1 Å². The molecule has 0 spiro atoms. The van der Waals surface area contributed by atoms with Crippen molar-refractivity contribution in [2.45, 2.75) is 0 Å². The number of thiazole rings is 1. The van der Waals surface area contributed by atoms with Crippen molar-refractivity contribution < 1.29 is 4.74 Å². The molecule has 6 heteroatoms. The van der Waals surface area contributed by atoms with Crippen molar-refractivity contribution in [1.29, 1.82) is 0 Å². The summed E-state index contributed by atoms with van der Waals surface area (Å²) >= 11 is 13.6. The molecular weight excluding hydrogens is 291 g/mol. The minimum Gasteiger partial charge on any atom is -0.383 e. The first-order valence-corrected chi connectivity index (χ1v) is 6.98. The van der Waals surface area contributed by atoms with Crippen LogP contribution in [0.2, 0.25) is 10.0 Å². The Morgan fingerprint density at radius 2 is 2.22 bits per heavy atom. The summed E-state index contributed by atoms with van der Waals surface area (Å²) in [5, 5.41) is 7.27. The van der Waals surface area contributed by atoms with Crippen molar-refractivity contribution in [3.8, 4) is 11.3 Å². The molecule has 0 fully saturated rings. The third kappa shape index (κ3) is 3.36. The number of nitrogens with one attached hydrogen (secondary N) is 1. The summed E-state index contributed by atoms with van der Waals surface area (Å²) in [7, 11) is 1.67. The predicted octanol–water partition coefficient (Wildman–Crippen LogP) is 4.18. The van der Waals surface area contributed by atoms with E-state index in [2.05, 4.69) is 10.3 Å². The second-order valence-electron chi connectivity index (χ2n) is 3.58. The van der Waals surface area contributed by atoms with Gasteiger partial charge in [-0.2, -0.15) is 0 Å². The molecule has 0 radical (unpaired) electrons. The third-order valence-electron chi connectivity index (χ3n) is 2.29. The largest absolute Gasteiger partial charge is 0.383 e. The van der Waals surface area contributed by atoms with E-state index in [9.17, 15) is 0 Å². The van der Waals surface area contributed by atoms with Crippen molar-refractivity contribution in [1.82, 2.24) is 4.98 Å². The number of nitrogens with zero attached hydrogens (tertiary/aromatic N) is 1. The van der Waals surface area contributed by atoms with Gasteiger partial charge in [0.1, 0.15) is 0 Å². The Morgan fingerprint density at radius 1 is 1.39 bits per heavy atom. The van der Waals surface area contributed by atoms with Crippen molar-refractivity contribution in [3.63, 3.8) is 0 Å². The fourth-order valence-electron chi connectivity index (χ4n) is 1.43. The van der Waals surface area contributed by atoms with Gasteiger partial charge in [-0.3, -0.25) is 0 Å². The van der Waals surface area contributed by atoms with E-state index in [1.54, 1.807) is 19.2 Å². The molecule has 0 aliphatic carbocycles. The first-order chi connectivity index (χ1) is 8.70. The van der Waals surface area contributed by atoms with E-state index in [1.165, 1.54) is 11.3 Å². The molecule has 0 atom stereocenters. The lowest BCUT2D eigenvalue weighted by Crippen LogP contribution is -2.07. The summed E-state index contributed by atoms with van der Waals surface area (Å²) in [4.78, 5) is 4.46. The van der Waals surface area contributed by atoms with Gasteiger partial charge in [-0.15, -0.1) is 11.3 Å². The van der Waals surface area contributed by atoms with E-state index in [-0.39, 0.29) is 0 Å². The zero-order chi connectivity index (χ0) is 13.0. The van der Waals surface area contributed by atoms with Gasteiger partial charge in [-0.05, 0) is 18.2 Å². The molecule has 0 unspecified atom stereocenters. The van der Waals surface area contributed by atoms with Crippen LogP contribution in [-0.2, 0) is 4.74 Å². The maximum atomic E-state index is 6.13. The fraction of sp³-hybridized carbons (Fsp3) is 0.250. The molecule has 1 aromatic carbocycles. The average Bonchev–Trinajstić information content (AvgIpc) is 2.81. The van der Waals surface area contributed by atoms with Gasteiger partial charge in [0, 0.05) is 29.6 Å². The number of anilines is 1. The van der Waals surface area contributed by atoms with Gasteiger partial charge in [0.15, 0.2) is 5.13 Å². The Morgan fingerprint density at radius 3 is 3.00 bits per heavy atom. The van der Waals surface area contributed by atoms with E-state index in [4.69, 9.17) is 27.9 Å². The molecule has 1 N–H and O–H groups in total. The number of benzene rings is 1. The third-order valence-corrected chi connectivity index (χ3v) is 3.66. The molecule has 18 heavy (non-hydrogen) atoms. The summed E-state index contributed by atoms with van der Waals surface area (Å²) < 4.78 is 4.97. The standard InChI is InChI=1S/C12H12Cl2N2OS/c1-17-5-4-15-12-16-11(7-18-12)9-6-8(13)2-3-10(9)14/h2-3,6-7H,4-5H2,1H3,(H,15,16). The molecule has 1 heterocycles. The first-order valence-electron chi connectivity index (χ1n) is 5.34. The molecule has 0 saturated heterocycles. The van der Waals surface area contributed by atoms with Crippen molar-refractivity contribution >= 4 is 39.7 Å². The minimum absolute atomic E-state index is 0.646. The molecule has 96 valence electrons. The summed E-state index contributed by atoms with van der Waals surface area (Å²) in [6.07, 6.45) is 0. The Balaban J connectivity index is 2.16. The number of hydrogen-bond donors (Lipinski definition) is 1. The topological polar surface area (TPSA) is 34.1 Å². The maximum Gasteiger partial charge on any atom is 0.183 e. The molecule has 0 saturated carbocycles. The van der Waals surface area contributed by atoms with Gasteiger partial charge in [-0.25, -0.2) is 4.98 Å². The Kier molecular flexibility index (Phi) is 4.83. The smallest absolute Gasteiger partial charge is 0.183 e. The van der Waals surface area contributed by atoms with Crippen LogP contribution in [0.3, 0.4) is 0 Å². The van der Waals surface area contributed by atoms with Crippen LogP contribution in [-0.4, -0.2) is 25.2 Å². The number of rotatable bonds is 5. The van der Waals surface area contributed by atoms with Gasteiger partial charge in [0.25, 0.3) is 0 Å². The molecule has 1 aromatic heterocycles. The molecule has 0 aliphatic rings. The predicted molar refractivity (Wildman–Crippen MR) is 77.9 cm³/mol. The SMILES string of the molecule is COCCNc1nc(-c2cc(Cl)ccc2Cl)cs1. The molecule has 3 nitrogen and oxygen atoms in total. The summed E-state index contributed by atoms with van der Waals surface area (Å²) in [6.45, 7) is 1.37. The lowest BCUT2D eigenvalue weighted by atomic mass is 10.2. The average molecular weight is 303 g/mol. The normalized spacial score (nSPS) is 10.6.